The van der Waals surface area contributed by atoms with Crippen LogP contribution in [-0.4, -0.2) is 60.2 Å². The van der Waals surface area contributed by atoms with E-state index in [1.807, 2.05) is 24.6 Å². The molecule has 0 atom stereocenters. The number of aryl methyl sites for hydroxylation is 2. The third-order valence-electron chi connectivity index (χ3n) is 4.64. The van der Waals surface area contributed by atoms with Crippen LogP contribution in [0.4, 0.5) is 5.00 Å². The van der Waals surface area contributed by atoms with Gasteiger partial charge < -0.3 is 19.7 Å². The molecule has 6 nitrogen and oxygen atoms in total. The van der Waals surface area contributed by atoms with Gasteiger partial charge in [-0.1, -0.05) is 0 Å². The number of aliphatic imine (C=N–C) groups is 1. The van der Waals surface area contributed by atoms with E-state index in [1.165, 1.54) is 5.00 Å². The quantitative estimate of drug-likeness (QED) is 0.488. The summed E-state index contributed by atoms with van der Waals surface area (Å²) < 4.78 is 2.21. The molecule has 0 saturated carbocycles. The van der Waals surface area contributed by atoms with Gasteiger partial charge >= 0.3 is 0 Å². The molecular weight excluding hydrogens is 332 g/mol. The van der Waals surface area contributed by atoms with Crippen LogP contribution in [0, 0.1) is 6.92 Å². The highest BCUT2D eigenvalue weighted by Crippen LogP contribution is 2.22. The molecule has 3 rings (SSSR count). The highest BCUT2D eigenvalue weighted by molar-refractivity contribution is 7.14. The first kappa shape index (κ1) is 17.8. The number of hydrogen-bond donors (Lipinski definition) is 1. The van der Waals surface area contributed by atoms with Crippen LogP contribution in [0.15, 0.2) is 34.9 Å². The molecule has 1 saturated heterocycles. The number of imidazole rings is 1. The molecule has 2 aromatic heterocycles. The Balaban J connectivity index is 1.36. The van der Waals surface area contributed by atoms with Gasteiger partial charge in [-0.15, -0.1) is 11.3 Å². The van der Waals surface area contributed by atoms with Crippen molar-refractivity contribution in [3.05, 3.63) is 35.7 Å². The molecule has 0 spiro atoms. The summed E-state index contributed by atoms with van der Waals surface area (Å²) in [7, 11) is 1.88. The average molecular weight is 361 g/mol. The summed E-state index contributed by atoms with van der Waals surface area (Å²) in [6.07, 6.45) is 6.19. The lowest BCUT2D eigenvalue weighted by atomic mass is 10.3. The van der Waals surface area contributed by atoms with Crippen LogP contribution in [0.25, 0.3) is 0 Å². The van der Waals surface area contributed by atoms with Gasteiger partial charge in [-0.05, 0) is 37.3 Å². The summed E-state index contributed by atoms with van der Waals surface area (Å²) in [6, 6.07) is 4.33. The molecule has 1 aliphatic rings. The Morgan fingerprint density at radius 1 is 1.28 bits per heavy atom. The molecule has 1 fully saturated rings. The first-order valence-corrected chi connectivity index (χ1v) is 9.87. The molecule has 0 aliphatic carbocycles. The lowest BCUT2D eigenvalue weighted by Crippen LogP contribution is -2.52. The second-order valence-electron chi connectivity index (χ2n) is 6.27. The van der Waals surface area contributed by atoms with E-state index in [1.54, 1.807) is 0 Å². The zero-order valence-corrected chi connectivity index (χ0v) is 16.0. The fourth-order valence-electron chi connectivity index (χ4n) is 3.17. The Morgan fingerprint density at radius 2 is 2.12 bits per heavy atom. The van der Waals surface area contributed by atoms with Gasteiger partial charge in [0.15, 0.2) is 5.96 Å². The van der Waals surface area contributed by atoms with Crippen LogP contribution in [0.2, 0.25) is 0 Å². The predicted molar refractivity (Wildman–Crippen MR) is 106 cm³/mol. The molecule has 0 unspecified atom stereocenters. The van der Waals surface area contributed by atoms with Crippen molar-refractivity contribution in [3.63, 3.8) is 0 Å². The number of hydrogen-bond acceptors (Lipinski definition) is 4. The van der Waals surface area contributed by atoms with Crippen LogP contribution in [0.1, 0.15) is 18.7 Å². The maximum atomic E-state index is 4.46. The number of thiophene rings is 1. The number of anilines is 1. The van der Waals surface area contributed by atoms with Gasteiger partial charge in [-0.2, -0.15) is 0 Å². The minimum Gasteiger partial charge on any atom is -0.360 e. The highest BCUT2D eigenvalue weighted by Gasteiger charge is 2.19. The molecule has 7 heteroatoms. The lowest BCUT2D eigenvalue weighted by molar-refractivity contribution is 0.373. The maximum Gasteiger partial charge on any atom is 0.193 e. The van der Waals surface area contributed by atoms with Crippen LogP contribution in [-0.2, 0) is 6.54 Å². The number of aromatic nitrogens is 2. The summed E-state index contributed by atoms with van der Waals surface area (Å²) in [5.74, 6) is 2.12. The first-order valence-electron chi connectivity index (χ1n) is 8.99. The van der Waals surface area contributed by atoms with Crippen LogP contribution in [0.5, 0.6) is 0 Å². The number of nitrogens with zero attached hydrogens (tertiary/aromatic N) is 5. The van der Waals surface area contributed by atoms with Crippen molar-refractivity contribution in [3.8, 4) is 0 Å². The van der Waals surface area contributed by atoms with Gasteiger partial charge in [-0.25, -0.2) is 4.98 Å². The smallest absolute Gasteiger partial charge is 0.193 e. The Bertz CT molecular complexity index is 655. The van der Waals surface area contributed by atoms with Crippen LogP contribution in [0.3, 0.4) is 0 Å². The molecule has 0 amide bonds. The first-order chi connectivity index (χ1) is 12.3. The van der Waals surface area contributed by atoms with E-state index in [0.29, 0.717) is 0 Å². The molecule has 25 heavy (non-hydrogen) atoms. The second kappa shape index (κ2) is 8.89. The van der Waals surface area contributed by atoms with Crippen molar-refractivity contribution < 1.29 is 0 Å². The Hall–Kier alpha value is -2.02. The number of nitrogens with one attached hydrogen (secondary N) is 1. The van der Waals surface area contributed by atoms with E-state index in [-0.39, 0.29) is 0 Å². The van der Waals surface area contributed by atoms with Crippen LogP contribution >= 0.6 is 11.3 Å². The summed E-state index contributed by atoms with van der Waals surface area (Å²) in [6.45, 7) is 8.20. The fraction of sp³-hybridized carbons (Fsp3) is 0.556. The van der Waals surface area contributed by atoms with E-state index >= 15 is 0 Å². The minimum atomic E-state index is 0.964. The van der Waals surface area contributed by atoms with Crippen molar-refractivity contribution >= 4 is 22.3 Å². The number of piperazine rings is 1. The lowest BCUT2D eigenvalue weighted by Gasteiger charge is -2.37. The monoisotopic (exact) mass is 360 g/mol. The Labute approximate surface area is 154 Å². The highest BCUT2D eigenvalue weighted by atomic mass is 32.1. The zero-order valence-electron chi connectivity index (χ0n) is 15.2. The van der Waals surface area contributed by atoms with Crippen molar-refractivity contribution in [2.24, 2.45) is 4.99 Å². The van der Waals surface area contributed by atoms with E-state index < -0.39 is 0 Å². The third kappa shape index (κ3) is 4.75. The van der Waals surface area contributed by atoms with Gasteiger partial charge in [0.25, 0.3) is 0 Å². The third-order valence-corrected chi connectivity index (χ3v) is 5.57. The minimum absolute atomic E-state index is 0.964. The van der Waals surface area contributed by atoms with Gasteiger partial charge in [0.1, 0.15) is 5.82 Å². The van der Waals surface area contributed by atoms with E-state index in [9.17, 15) is 0 Å². The SMILES string of the molecule is CN=C(NCCCCn1ccnc1C)N1CCN(c2cccs2)CC1. The average Bonchev–Trinajstić information content (AvgIpc) is 3.31. The Morgan fingerprint density at radius 3 is 2.76 bits per heavy atom. The molecule has 136 valence electrons. The summed E-state index contributed by atoms with van der Waals surface area (Å²) >= 11 is 1.82. The van der Waals surface area contributed by atoms with Gasteiger partial charge in [0.2, 0.25) is 0 Å². The van der Waals surface area contributed by atoms with Gasteiger partial charge in [0, 0.05) is 58.7 Å². The number of rotatable bonds is 6. The van der Waals surface area contributed by atoms with Crippen molar-refractivity contribution in [2.75, 3.05) is 44.7 Å². The molecule has 0 radical (unpaired) electrons. The molecule has 1 N–H and O–H groups in total. The Kier molecular flexibility index (Phi) is 6.33. The molecule has 0 aromatic carbocycles. The van der Waals surface area contributed by atoms with Gasteiger partial charge in [0.05, 0.1) is 5.00 Å². The largest absolute Gasteiger partial charge is 0.360 e. The molecule has 0 bridgehead atoms. The van der Waals surface area contributed by atoms with E-state index in [2.05, 4.69) is 60.3 Å². The van der Waals surface area contributed by atoms with Crippen LogP contribution < -0.4 is 10.2 Å². The molecule has 1 aliphatic heterocycles. The van der Waals surface area contributed by atoms with Crippen molar-refractivity contribution in [1.29, 1.82) is 0 Å². The second-order valence-corrected chi connectivity index (χ2v) is 7.20. The van der Waals surface area contributed by atoms with Crippen molar-refractivity contribution in [2.45, 2.75) is 26.3 Å². The predicted octanol–water partition coefficient (Wildman–Crippen LogP) is 2.43. The summed E-state index contributed by atoms with van der Waals surface area (Å²) in [5, 5.41) is 7.04. The summed E-state index contributed by atoms with van der Waals surface area (Å²) in [5.41, 5.74) is 0. The zero-order chi connectivity index (χ0) is 17.5. The number of guanidine groups is 1. The maximum absolute atomic E-state index is 4.46. The normalized spacial score (nSPS) is 15.7. The number of unbranched alkanes of at least 4 members (excludes halogenated alkanes) is 1. The van der Waals surface area contributed by atoms with E-state index in [4.69, 9.17) is 0 Å². The standard InChI is InChI=1S/C18H28N6S/c1-16-20-8-10-22(16)9-4-3-7-21-18(19-2)24-13-11-23(12-14-24)17-6-5-15-25-17/h5-6,8,10,15H,3-4,7,9,11-14H2,1-2H3,(H,19,21). The molecular formula is C18H28N6S. The topological polar surface area (TPSA) is 48.7 Å². The molecule has 2 aromatic rings. The molecule has 3 heterocycles. The van der Waals surface area contributed by atoms with Crippen molar-refractivity contribution in [1.82, 2.24) is 19.8 Å². The summed E-state index contributed by atoms with van der Waals surface area (Å²) in [4.78, 5) is 13.5. The fourth-order valence-corrected chi connectivity index (χ4v) is 3.95. The van der Waals surface area contributed by atoms with E-state index in [0.717, 1.165) is 63.9 Å². The van der Waals surface area contributed by atoms with Gasteiger partial charge in [-0.3, -0.25) is 4.99 Å².